The molecule has 0 aliphatic rings. The van der Waals surface area contributed by atoms with E-state index in [1.54, 1.807) is 0 Å². The number of hydrogen-bond acceptors (Lipinski definition) is 4. The Bertz CT molecular complexity index is 766. The van der Waals surface area contributed by atoms with E-state index in [-0.39, 0.29) is 17.3 Å². The summed E-state index contributed by atoms with van der Waals surface area (Å²) in [6, 6.07) is 6.00. The molecule has 2 aromatic rings. The molecule has 2 N–H and O–H groups in total. The first-order valence-corrected chi connectivity index (χ1v) is 7.37. The highest BCUT2D eigenvalue weighted by Crippen LogP contribution is 2.21. The minimum atomic E-state index is -3.86. The molecule has 2 rings (SSSR count). The smallest absolute Gasteiger partial charge is 0.246 e. The number of pyridine rings is 1. The first kappa shape index (κ1) is 15.3. The second-order valence-corrected chi connectivity index (χ2v) is 6.41. The molecule has 0 aliphatic heterocycles. The van der Waals surface area contributed by atoms with Gasteiger partial charge < -0.3 is 5.73 Å². The number of halogens is 2. The molecule has 1 aromatic carbocycles. The summed E-state index contributed by atoms with van der Waals surface area (Å²) in [5.74, 6) is -2.13. The van der Waals surface area contributed by atoms with E-state index >= 15 is 0 Å². The molecule has 0 saturated carbocycles. The highest BCUT2D eigenvalue weighted by atomic mass is 32.2. The quantitative estimate of drug-likeness (QED) is 0.933. The molecular weight excluding hydrogens is 300 g/mol. The largest absolute Gasteiger partial charge is 0.383 e. The van der Waals surface area contributed by atoms with Crippen LogP contribution in [0.1, 0.15) is 5.56 Å². The molecule has 0 bridgehead atoms. The summed E-state index contributed by atoms with van der Waals surface area (Å²) in [7, 11) is -2.54. The lowest BCUT2D eigenvalue weighted by Crippen LogP contribution is -2.27. The van der Waals surface area contributed by atoms with Gasteiger partial charge in [0.15, 0.2) is 11.6 Å². The van der Waals surface area contributed by atoms with Gasteiger partial charge in [-0.25, -0.2) is 22.2 Å². The second kappa shape index (κ2) is 5.74. The van der Waals surface area contributed by atoms with Crippen molar-refractivity contribution in [2.24, 2.45) is 0 Å². The molecule has 21 heavy (non-hydrogen) atoms. The van der Waals surface area contributed by atoms with Crippen LogP contribution in [-0.4, -0.2) is 24.8 Å². The number of nitrogens with two attached hydrogens (primary N) is 1. The molecule has 0 amide bonds. The Labute approximate surface area is 121 Å². The lowest BCUT2D eigenvalue weighted by Gasteiger charge is -2.18. The van der Waals surface area contributed by atoms with Crippen molar-refractivity contribution in [3.8, 4) is 0 Å². The van der Waals surface area contributed by atoms with Gasteiger partial charge in [-0.15, -0.1) is 0 Å². The summed E-state index contributed by atoms with van der Waals surface area (Å²) < 4.78 is 51.7. The van der Waals surface area contributed by atoms with E-state index in [1.165, 1.54) is 31.4 Å². The highest BCUT2D eigenvalue weighted by molar-refractivity contribution is 7.89. The van der Waals surface area contributed by atoms with E-state index < -0.39 is 21.7 Å². The van der Waals surface area contributed by atoms with E-state index in [4.69, 9.17) is 5.73 Å². The molecule has 0 spiro atoms. The Hall–Kier alpha value is -2.06. The molecule has 112 valence electrons. The van der Waals surface area contributed by atoms with Crippen molar-refractivity contribution >= 4 is 15.8 Å². The van der Waals surface area contributed by atoms with Gasteiger partial charge in [0.1, 0.15) is 10.7 Å². The predicted octanol–water partition coefficient (Wildman–Crippen LogP) is 1.76. The zero-order valence-corrected chi connectivity index (χ0v) is 11.9. The van der Waals surface area contributed by atoms with Crippen molar-refractivity contribution in [3.63, 3.8) is 0 Å². The number of nitrogens with zero attached hydrogens (tertiary/aromatic N) is 2. The van der Waals surface area contributed by atoms with E-state index in [1.807, 2.05) is 0 Å². The average molecular weight is 313 g/mol. The van der Waals surface area contributed by atoms with Crippen LogP contribution in [0.3, 0.4) is 0 Å². The van der Waals surface area contributed by atoms with Crippen molar-refractivity contribution in [2.75, 3.05) is 12.8 Å². The Kier molecular flexibility index (Phi) is 4.19. The fraction of sp³-hybridized carbons (Fsp3) is 0.154. The maximum absolute atomic E-state index is 13.1. The molecule has 0 unspecified atom stereocenters. The molecule has 0 fully saturated rings. The highest BCUT2D eigenvalue weighted by Gasteiger charge is 2.24. The molecule has 0 radical (unpaired) electrons. The van der Waals surface area contributed by atoms with Crippen LogP contribution in [0.5, 0.6) is 0 Å². The monoisotopic (exact) mass is 313 g/mol. The number of rotatable bonds is 4. The number of sulfonamides is 1. The predicted molar refractivity (Wildman–Crippen MR) is 73.7 cm³/mol. The van der Waals surface area contributed by atoms with E-state index in [0.29, 0.717) is 5.56 Å². The third-order valence-electron chi connectivity index (χ3n) is 2.88. The summed E-state index contributed by atoms with van der Waals surface area (Å²) in [5.41, 5.74) is 5.88. The maximum Gasteiger partial charge on any atom is 0.246 e. The van der Waals surface area contributed by atoms with Gasteiger partial charge in [0.25, 0.3) is 0 Å². The van der Waals surface area contributed by atoms with E-state index in [0.717, 1.165) is 16.4 Å². The summed E-state index contributed by atoms with van der Waals surface area (Å²) in [6.07, 6.45) is 1.38. The number of hydrogen-bond donors (Lipinski definition) is 1. The summed E-state index contributed by atoms with van der Waals surface area (Å²) in [5, 5.41) is 0. The standard InChI is InChI=1S/C13H13F2N3O2S/c1-18(8-9-4-5-10(14)11(15)7-9)21(19,20)12-3-2-6-17-13(12)16/h2-7H,8H2,1H3,(H2,16,17). The van der Waals surface area contributed by atoms with Crippen LogP contribution >= 0.6 is 0 Å². The van der Waals surface area contributed by atoms with Crippen molar-refractivity contribution in [1.29, 1.82) is 0 Å². The zero-order chi connectivity index (χ0) is 15.6. The lowest BCUT2D eigenvalue weighted by atomic mass is 10.2. The molecular formula is C13H13F2N3O2S. The molecule has 0 saturated heterocycles. The molecule has 5 nitrogen and oxygen atoms in total. The van der Waals surface area contributed by atoms with Gasteiger partial charge in [0, 0.05) is 19.8 Å². The Morgan fingerprint density at radius 1 is 1.24 bits per heavy atom. The molecule has 1 heterocycles. The van der Waals surface area contributed by atoms with E-state index in [9.17, 15) is 17.2 Å². The van der Waals surface area contributed by atoms with Crippen molar-refractivity contribution in [2.45, 2.75) is 11.4 Å². The Morgan fingerprint density at radius 3 is 2.57 bits per heavy atom. The fourth-order valence-electron chi connectivity index (χ4n) is 1.77. The topological polar surface area (TPSA) is 76.3 Å². The van der Waals surface area contributed by atoms with Crippen molar-refractivity contribution in [3.05, 3.63) is 53.7 Å². The van der Waals surface area contributed by atoms with Crippen molar-refractivity contribution in [1.82, 2.24) is 9.29 Å². The molecule has 1 aromatic heterocycles. The first-order chi connectivity index (χ1) is 9.82. The molecule has 8 heteroatoms. The molecule has 0 atom stereocenters. The first-order valence-electron chi connectivity index (χ1n) is 5.93. The van der Waals surface area contributed by atoms with Gasteiger partial charge in [0.05, 0.1) is 0 Å². The second-order valence-electron chi connectivity index (χ2n) is 4.40. The van der Waals surface area contributed by atoms with Gasteiger partial charge in [-0.1, -0.05) is 6.07 Å². The lowest BCUT2D eigenvalue weighted by molar-refractivity contribution is 0.462. The maximum atomic E-state index is 13.1. The van der Waals surface area contributed by atoms with Gasteiger partial charge in [0.2, 0.25) is 10.0 Å². The fourth-order valence-corrected chi connectivity index (χ4v) is 2.99. The van der Waals surface area contributed by atoms with Crippen LogP contribution in [0, 0.1) is 11.6 Å². The average Bonchev–Trinajstić information content (AvgIpc) is 2.43. The number of benzene rings is 1. The number of nitrogen functional groups attached to an aromatic ring is 1. The Balaban J connectivity index is 2.29. The molecule has 0 aliphatic carbocycles. The minimum Gasteiger partial charge on any atom is -0.383 e. The summed E-state index contributed by atoms with van der Waals surface area (Å²) in [6.45, 7) is -0.117. The SMILES string of the molecule is CN(Cc1ccc(F)c(F)c1)S(=O)(=O)c1cccnc1N. The van der Waals surface area contributed by atoms with Crippen LogP contribution < -0.4 is 5.73 Å². The third kappa shape index (κ3) is 3.17. The van der Waals surface area contributed by atoms with Crippen LogP contribution in [0.15, 0.2) is 41.4 Å². The van der Waals surface area contributed by atoms with Gasteiger partial charge in [-0.2, -0.15) is 4.31 Å². The van der Waals surface area contributed by atoms with Gasteiger partial charge in [-0.05, 0) is 29.8 Å². The van der Waals surface area contributed by atoms with Crippen LogP contribution in [-0.2, 0) is 16.6 Å². The summed E-state index contributed by atoms with van der Waals surface area (Å²) >= 11 is 0. The zero-order valence-electron chi connectivity index (χ0n) is 11.1. The van der Waals surface area contributed by atoms with Crippen molar-refractivity contribution < 1.29 is 17.2 Å². The minimum absolute atomic E-state index is 0.116. The van der Waals surface area contributed by atoms with Crippen LogP contribution in [0.25, 0.3) is 0 Å². The van der Waals surface area contributed by atoms with Crippen LogP contribution in [0.4, 0.5) is 14.6 Å². The van der Waals surface area contributed by atoms with Crippen LogP contribution in [0.2, 0.25) is 0 Å². The number of anilines is 1. The number of aromatic nitrogens is 1. The third-order valence-corrected chi connectivity index (χ3v) is 4.73. The summed E-state index contributed by atoms with van der Waals surface area (Å²) in [4.78, 5) is 3.59. The Morgan fingerprint density at radius 2 is 1.95 bits per heavy atom. The van der Waals surface area contributed by atoms with Gasteiger partial charge >= 0.3 is 0 Å². The van der Waals surface area contributed by atoms with Gasteiger partial charge in [-0.3, -0.25) is 0 Å². The normalized spacial score (nSPS) is 11.8. The van der Waals surface area contributed by atoms with E-state index in [2.05, 4.69) is 4.98 Å².